The SMILES string of the molecule is CCCCCNS(=O)(=O)c1c(CNCC)n[nH]c1C. The summed E-state index contributed by atoms with van der Waals surface area (Å²) in [6.45, 7) is 7.48. The summed E-state index contributed by atoms with van der Waals surface area (Å²) < 4.78 is 27.2. The molecule has 1 aromatic rings. The first-order valence-corrected chi connectivity index (χ1v) is 8.25. The van der Waals surface area contributed by atoms with Crippen molar-refractivity contribution in [2.75, 3.05) is 13.1 Å². The zero-order valence-corrected chi connectivity index (χ0v) is 12.7. The topological polar surface area (TPSA) is 86.9 Å². The van der Waals surface area contributed by atoms with Gasteiger partial charge in [-0.2, -0.15) is 5.10 Å². The number of sulfonamides is 1. The number of hydrogen-bond acceptors (Lipinski definition) is 4. The number of aromatic amines is 1. The largest absolute Gasteiger partial charge is 0.311 e. The Labute approximate surface area is 115 Å². The molecule has 0 aliphatic heterocycles. The molecule has 1 heterocycles. The van der Waals surface area contributed by atoms with E-state index in [4.69, 9.17) is 0 Å². The van der Waals surface area contributed by atoms with Gasteiger partial charge in [0.1, 0.15) is 4.90 Å². The molecule has 6 nitrogen and oxygen atoms in total. The van der Waals surface area contributed by atoms with Crippen molar-refractivity contribution < 1.29 is 8.42 Å². The van der Waals surface area contributed by atoms with Crippen LogP contribution in [0.1, 0.15) is 44.5 Å². The maximum absolute atomic E-state index is 12.3. The summed E-state index contributed by atoms with van der Waals surface area (Å²) in [5.41, 5.74) is 1.12. The summed E-state index contributed by atoms with van der Waals surface area (Å²) in [5.74, 6) is 0. The van der Waals surface area contributed by atoms with E-state index in [-0.39, 0.29) is 4.90 Å². The minimum Gasteiger partial charge on any atom is -0.311 e. The van der Waals surface area contributed by atoms with Gasteiger partial charge in [-0.25, -0.2) is 13.1 Å². The van der Waals surface area contributed by atoms with Crippen molar-refractivity contribution in [2.45, 2.75) is 51.5 Å². The summed E-state index contributed by atoms with van der Waals surface area (Å²) in [5, 5.41) is 9.89. The molecule has 3 N–H and O–H groups in total. The quantitative estimate of drug-likeness (QED) is 0.598. The zero-order chi connectivity index (χ0) is 14.3. The van der Waals surface area contributed by atoms with Crippen molar-refractivity contribution in [3.05, 3.63) is 11.4 Å². The predicted octanol–water partition coefficient (Wildman–Crippen LogP) is 1.30. The van der Waals surface area contributed by atoms with Crippen LogP contribution in [0.2, 0.25) is 0 Å². The summed E-state index contributed by atoms with van der Waals surface area (Å²) in [4.78, 5) is 0.282. The number of rotatable bonds is 9. The molecular formula is C12H24N4O2S. The summed E-state index contributed by atoms with van der Waals surface area (Å²) in [6, 6.07) is 0. The molecule has 0 amide bonds. The van der Waals surface area contributed by atoms with Crippen molar-refractivity contribution in [1.29, 1.82) is 0 Å². The molecule has 0 fully saturated rings. The molecule has 0 radical (unpaired) electrons. The van der Waals surface area contributed by atoms with Crippen LogP contribution >= 0.6 is 0 Å². The lowest BCUT2D eigenvalue weighted by Gasteiger charge is -2.08. The highest BCUT2D eigenvalue weighted by atomic mass is 32.2. The third-order valence-corrected chi connectivity index (χ3v) is 4.51. The van der Waals surface area contributed by atoms with Crippen molar-refractivity contribution in [2.24, 2.45) is 0 Å². The molecule has 0 saturated carbocycles. The Hall–Kier alpha value is -0.920. The van der Waals surface area contributed by atoms with Gasteiger partial charge in [0, 0.05) is 13.1 Å². The minimum absolute atomic E-state index is 0.282. The van der Waals surface area contributed by atoms with E-state index in [0.717, 1.165) is 25.8 Å². The van der Waals surface area contributed by atoms with Gasteiger partial charge in [-0.05, 0) is 19.9 Å². The molecule has 0 bridgehead atoms. The van der Waals surface area contributed by atoms with Crippen molar-refractivity contribution in [3.63, 3.8) is 0 Å². The van der Waals surface area contributed by atoms with Gasteiger partial charge >= 0.3 is 0 Å². The van der Waals surface area contributed by atoms with E-state index in [0.29, 0.717) is 24.5 Å². The first kappa shape index (κ1) is 16.1. The maximum Gasteiger partial charge on any atom is 0.244 e. The Balaban J connectivity index is 2.78. The molecule has 0 aliphatic carbocycles. The van der Waals surface area contributed by atoms with Crippen LogP contribution in [-0.4, -0.2) is 31.7 Å². The van der Waals surface area contributed by atoms with Gasteiger partial charge in [0.25, 0.3) is 0 Å². The van der Waals surface area contributed by atoms with Gasteiger partial charge in [-0.1, -0.05) is 26.7 Å². The van der Waals surface area contributed by atoms with E-state index in [1.807, 2.05) is 6.92 Å². The second kappa shape index (κ2) is 7.62. The van der Waals surface area contributed by atoms with Gasteiger partial charge < -0.3 is 5.32 Å². The highest BCUT2D eigenvalue weighted by Gasteiger charge is 2.23. The highest BCUT2D eigenvalue weighted by Crippen LogP contribution is 2.17. The van der Waals surface area contributed by atoms with Gasteiger partial charge in [-0.15, -0.1) is 0 Å². The molecule has 19 heavy (non-hydrogen) atoms. The molecule has 0 atom stereocenters. The van der Waals surface area contributed by atoms with Gasteiger partial charge in [0.05, 0.1) is 11.4 Å². The van der Waals surface area contributed by atoms with Crippen LogP contribution in [0.3, 0.4) is 0 Å². The molecule has 0 spiro atoms. The Morgan fingerprint density at radius 1 is 1.26 bits per heavy atom. The molecule has 7 heteroatoms. The molecule has 0 aromatic carbocycles. The molecule has 0 unspecified atom stereocenters. The van der Waals surface area contributed by atoms with Crippen molar-refractivity contribution in [1.82, 2.24) is 20.2 Å². The molecule has 110 valence electrons. The highest BCUT2D eigenvalue weighted by molar-refractivity contribution is 7.89. The smallest absolute Gasteiger partial charge is 0.244 e. The number of hydrogen-bond donors (Lipinski definition) is 3. The molecule has 1 aromatic heterocycles. The van der Waals surface area contributed by atoms with Gasteiger partial charge in [-0.3, -0.25) is 5.10 Å². The van der Waals surface area contributed by atoms with E-state index < -0.39 is 10.0 Å². The Morgan fingerprint density at radius 2 is 2.00 bits per heavy atom. The third kappa shape index (κ3) is 4.59. The van der Waals surface area contributed by atoms with Crippen LogP contribution in [0.5, 0.6) is 0 Å². The Kier molecular flexibility index (Phi) is 6.47. The van der Waals surface area contributed by atoms with Crippen LogP contribution in [-0.2, 0) is 16.6 Å². The van der Waals surface area contributed by atoms with E-state index in [9.17, 15) is 8.42 Å². The standard InChI is InChI=1S/C12H24N4O2S/c1-4-6-7-8-14-19(17,18)12-10(3)15-16-11(12)9-13-5-2/h13-14H,4-9H2,1-3H3,(H,15,16). The number of aryl methyl sites for hydroxylation is 1. The first-order valence-electron chi connectivity index (χ1n) is 6.77. The number of nitrogens with one attached hydrogen (secondary N) is 3. The number of H-pyrrole nitrogens is 1. The second-order valence-corrected chi connectivity index (χ2v) is 6.21. The summed E-state index contributed by atoms with van der Waals surface area (Å²) in [6.07, 6.45) is 2.95. The lowest BCUT2D eigenvalue weighted by Crippen LogP contribution is -2.27. The number of aromatic nitrogens is 2. The van der Waals surface area contributed by atoms with Gasteiger partial charge in [0.2, 0.25) is 10.0 Å². The molecule has 0 saturated heterocycles. The van der Waals surface area contributed by atoms with Gasteiger partial charge in [0.15, 0.2) is 0 Å². The lowest BCUT2D eigenvalue weighted by atomic mass is 10.3. The fourth-order valence-electron chi connectivity index (χ4n) is 1.84. The van der Waals surface area contributed by atoms with Crippen molar-refractivity contribution in [3.8, 4) is 0 Å². The molecule has 1 rings (SSSR count). The lowest BCUT2D eigenvalue weighted by molar-refractivity contribution is 0.573. The monoisotopic (exact) mass is 288 g/mol. The number of unbranched alkanes of at least 4 members (excludes halogenated alkanes) is 2. The molecule has 0 aliphatic rings. The van der Waals surface area contributed by atoms with Crippen LogP contribution in [0.15, 0.2) is 4.90 Å². The van der Waals surface area contributed by atoms with E-state index >= 15 is 0 Å². The van der Waals surface area contributed by atoms with E-state index in [1.165, 1.54) is 0 Å². The third-order valence-electron chi connectivity index (χ3n) is 2.84. The second-order valence-electron chi connectivity index (χ2n) is 4.51. The van der Waals surface area contributed by atoms with Crippen molar-refractivity contribution >= 4 is 10.0 Å². The average molecular weight is 288 g/mol. The Bertz CT molecular complexity index is 482. The molecular weight excluding hydrogens is 264 g/mol. The fourth-order valence-corrected chi connectivity index (χ4v) is 3.28. The summed E-state index contributed by atoms with van der Waals surface area (Å²) in [7, 11) is -3.47. The minimum atomic E-state index is -3.47. The van der Waals surface area contributed by atoms with Crippen LogP contribution in [0.25, 0.3) is 0 Å². The van der Waals surface area contributed by atoms with Crippen LogP contribution in [0.4, 0.5) is 0 Å². The zero-order valence-electron chi connectivity index (χ0n) is 11.9. The van der Waals surface area contributed by atoms with Crippen LogP contribution < -0.4 is 10.0 Å². The number of nitrogens with zero attached hydrogens (tertiary/aromatic N) is 1. The average Bonchev–Trinajstić information content (AvgIpc) is 2.74. The van der Waals surface area contributed by atoms with E-state index in [2.05, 4.69) is 27.2 Å². The Morgan fingerprint density at radius 3 is 2.63 bits per heavy atom. The fraction of sp³-hybridized carbons (Fsp3) is 0.750. The van der Waals surface area contributed by atoms with E-state index in [1.54, 1.807) is 6.92 Å². The maximum atomic E-state index is 12.3. The summed E-state index contributed by atoms with van der Waals surface area (Å²) >= 11 is 0. The van der Waals surface area contributed by atoms with Crippen LogP contribution in [0, 0.1) is 6.92 Å². The first-order chi connectivity index (χ1) is 9.03. The predicted molar refractivity (Wildman–Crippen MR) is 75.4 cm³/mol. The normalized spacial score (nSPS) is 11.9.